The Labute approximate surface area is 86.5 Å². The lowest BCUT2D eigenvalue weighted by molar-refractivity contribution is 0.399. The van der Waals surface area contributed by atoms with Crippen molar-refractivity contribution >= 4 is 23.4 Å². The van der Waals surface area contributed by atoms with Gasteiger partial charge >= 0.3 is 0 Å². The predicted molar refractivity (Wildman–Crippen MR) is 56.1 cm³/mol. The van der Waals surface area contributed by atoms with Gasteiger partial charge in [-0.05, 0) is 12.0 Å². The number of hydrogen-bond donors (Lipinski definition) is 0. The first-order valence-electron chi connectivity index (χ1n) is 4.25. The smallest absolute Gasteiger partial charge is 0.163 e. The average Bonchev–Trinajstić information content (AvgIpc) is 2.19. The van der Waals surface area contributed by atoms with Gasteiger partial charge in [-0.25, -0.2) is 4.39 Å². The van der Waals surface area contributed by atoms with Crippen molar-refractivity contribution in [3.63, 3.8) is 0 Å². The van der Waals surface area contributed by atoms with Crippen LogP contribution in [0.2, 0.25) is 0 Å². The molecule has 0 radical (unpaired) electrons. The molecule has 13 heavy (non-hydrogen) atoms. The molecule has 1 aromatic carbocycles. The van der Waals surface area contributed by atoms with Crippen LogP contribution < -0.4 is 0 Å². The molecule has 0 aromatic heterocycles. The molecule has 0 bridgehead atoms. The van der Waals surface area contributed by atoms with E-state index < -0.39 is 5.50 Å². The van der Waals surface area contributed by atoms with E-state index in [4.69, 9.17) is 11.6 Å². The fourth-order valence-corrected chi connectivity index (χ4v) is 2.83. The Balaban J connectivity index is 1.93. The summed E-state index contributed by atoms with van der Waals surface area (Å²) < 4.78 is 12.7. The summed E-state index contributed by atoms with van der Waals surface area (Å²) in [5.74, 6) is 0. The van der Waals surface area contributed by atoms with Crippen molar-refractivity contribution < 1.29 is 4.39 Å². The Morgan fingerprint density at radius 1 is 1.31 bits per heavy atom. The van der Waals surface area contributed by atoms with E-state index in [1.807, 2.05) is 18.2 Å². The first kappa shape index (κ1) is 9.35. The lowest BCUT2D eigenvalue weighted by Gasteiger charge is -2.34. The molecule has 0 saturated carbocycles. The summed E-state index contributed by atoms with van der Waals surface area (Å²) in [5, 5.41) is -0.0516. The number of alkyl halides is 2. The topological polar surface area (TPSA) is 0 Å². The highest BCUT2D eigenvalue weighted by molar-refractivity contribution is 8.02. The van der Waals surface area contributed by atoms with Gasteiger partial charge < -0.3 is 0 Å². The third-order valence-corrected chi connectivity index (χ3v) is 4.38. The highest BCUT2D eigenvalue weighted by Crippen LogP contribution is 2.43. The predicted octanol–water partition coefficient (Wildman–Crippen LogP) is 3.25. The molecule has 1 fully saturated rings. The number of hydrogen-bond acceptors (Lipinski definition) is 1. The molecule has 0 aliphatic carbocycles. The van der Waals surface area contributed by atoms with E-state index in [1.54, 1.807) is 0 Å². The molecule has 1 aromatic rings. The minimum absolute atomic E-state index is 0.249. The second-order valence-corrected chi connectivity index (χ2v) is 4.99. The Morgan fingerprint density at radius 3 is 2.54 bits per heavy atom. The van der Waals surface area contributed by atoms with Gasteiger partial charge in [-0.3, -0.25) is 0 Å². The second-order valence-electron chi connectivity index (χ2n) is 3.16. The minimum Gasteiger partial charge on any atom is -0.234 e. The van der Waals surface area contributed by atoms with Crippen molar-refractivity contribution in [3.05, 3.63) is 35.9 Å². The standard InChI is InChI=1S/C10H10ClFS/c11-9-8(13-10(9)12)6-7-4-2-1-3-5-7/h1-5,8-10H,6H2. The van der Waals surface area contributed by atoms with Crippen molar-refractivity contribution in [2.24, 2.45) is 0 Å². The lowest BCUT2D eigenvalue weighted by Crippen LogP contribution is -2.39. The first-order chi connectivity index (χ1) is 6.27. The Hall–Kier alpha value is -0.210. The summed E-state index contributed by atoms with van der Waals surface area (Å²) >= 11 is 7.15. The number of rotatable bonds is 2. The van der Waals surface area contributed by atoms with Gasteiger partial charge in [0.05, 0.1) is 5.38 Å². The molecule has 3 heteroatoms. The van der Waals surface area contributed by atoms with Crippen LogP contribution in [0.4, 0.5) is 4.39 Å². The number of halogens is 2. The van der Waals surface area contributed by atoms with E-state index in [-0.39, 0.29) is 10.6 Å². The van der Waals surface area contributed by atoms with Crippen LogP contribution in [0.1, 0.15) is 5.56 Å². The molecule has 0 N–H and O–H groups in total. The zero-order chi connectivity index (χ0) is 9.26. The largest absolute Gasteiger partial charge is 0.234 e. The Morgan fingerprint density at radius 2 is 2.00 bits per heavy atom. The third kappa shape index (κ3) is 2.00. The molecule has 0 amide bonds. The van der Waals surface area contributed by atoms with Gasteiger partial charge in [-0.2, -0.15) is 0 Å². The van der Waals surface area contributed by atoms with Crippen molar-refractivity contribution in [1.29, 1.82) is 0 Å². The molecule has 3 unspecified atom stereocenters. The summed E-state index contributed by atoms with van der Waals surface area (Å²) in [6, 6.07) is 10.1. The van der Waals surface area contributed by atoms with E-state index >= 15 is 0 Å². The number of benzene rings is 1. The van der Waals surface area contributed by atoms with E-state index in [0.29, 0.717) is 0 Å². The zero-order valence-corrected chi connectivity index (χ0v) is 8.56. The van der Waals surface area contributed by atoms with E-state index in [1.165, 1.54) is 17.3 Å². The van der Waals surface area contributed by atoms with Gasteiger partial charge in [0.25, 0.3) is 0 Å². The quantitative estimate of drug-likeness (QED) is 0.684. The molecule has 1 heterocycles. The summed E-state index contributed by atoms with van der Waals surface area (Å²) in [6.45, 7) is 0. The van der Waals surface area contributed by atoms with Gasteiger partial charge in [-0.15, -0.1) is 23.4 Å². The molecular formula is C10H10ClFS. The lowest BCUT2D eigenvalue weighted by atomic mass is 10.1. The van der Waals surface area contributed by atoms with Gasteiger partial charge in [0, 0.05) is 5.25 Å². The average molecular weight is 217 g/mol. The van der Waals surface area contributed by atoms with Crippen LogP contribution in [0, 0.1) is 0 Å². The zero-order valence-electron chi connectivity index (χ0n) is 6.99. The normalized spacial score (nSPS) is 32.6. The van der Waals surface area contributed by atoms with E-state index in [2.05, 4.69) is 12.1 Å². The van der Waals surface area contributed by atoms with Crippen LogP contribution in [0.5, 0.6) is 0 Å². The molecule has 1 saturated heterocycles. The second kappa shape index (κ2) is 3.89. The maximum Gasteiger partial charge on any atom is 0.163 e. The molecular weight excluding hydrogens is 207 g/mol. The molecule has 70 valence electrons. The van der Waals surface area contributed by atoms with E-state index in [0.717, 1.165) is 6.42 Å². The van der Waals surface area contributed by atoms with Crippen LogP contribution >= 0.6 is 23.4 Å². The van der Waals surface area contributed by atoms with Gasteiger partial charge in [0.15, 0.2) is 5.50 Å². The van der Waals surface area contributed by atoms with Crippen molar-refractivity contribution in [3.8, 4) is 0 Å². The molecule has 1 aliphatic rings. The van der Waals surface area contributed by atoms with Crippen LogP contribution in [-0.4, -0.2) is 16.1 Å². The van der Waals surface area contributed by atoms with Gasteiger partial charge in [0.2, 0.25) is 0 Å². The third-order valence-electron chi connectivity index (χ3n) is 2.19. The highest BCUT2D eigenvalue weighted by atomic mass is 35.5. The fraction of sp³-hybridized carbons (Fsp3) is 0.400. The van der Waals surface area contributed by atoms with Crippen LogP contribution in [0.25, 0.3) is 0 Å². The minimum atomic E-state index is -0.865. The summed E-state index contributed by atoms with van der Waals surface area (Å²) in [4.78, 5) is 0. The van der Waals surface area contributed by atoms with Crippen LogP contribution in [-0.2, 0) is 6.42 Å². The van der Waals surface area contributed by atoms with Crippen LogP contribution in [0.15, 0.2) is 30.3 Å². The molecule has 1 aliphatic heterocycles. The van der Waals surface area contributed by atoms with Crippen molar-refractivity contribution in [2.45, 2.75) is 22.6 Å². The summed E-state index contributed by atoms with van der Waals surface area (Å²) in [6.07, 6.45) is 0.875. The summed E-state index contributed by atoms with van der Waals surface area (Å²) in [5.41, 5.74) is 0.368. The molecule has 0 nitrogen and oxygen atoms in total. The highest BCUT2D eigenvalue weighted by Gasteiger charge is 2.40. The van der Waals surface area contributed by atoms with Crippen molar-refractivity contribution in [2.75, 3.05) is 0 Å². The SMILES string of the molecule is FC1SC(Cc2ccccc2)C1Cl. The Bertz CT molecular complexity index is 278. The monoisotopic (exact) mass is 216 g/mol. The number of thioether (sulfide) groups is 1. The maximum absolute atomic E-state index is 12.7. The molecule has 3 atom stereocenters. The Kier molecular flexibility index (Phi) is 2.80. The van der Waals surface area contributed by atoms with Gasteiger partial charge in [-0.1, -0.05) is 30.3 Å². The molecule has 0 spiro atoms. The maximum atomic E-state index is 12.7. The first-order valence-corrected chi connectivity index (χ1v) is 5.63. The van der Waals surface area contributed by atoms with Gasteiger partial charge in [0.1, 0.15) is 0 Å². The van der Waals surface area contributed by atoms with Crippen molar-refractivity contribution in [1.82, 2.24) is 0 Å². The fourth-order valence-electron chi connectivity index (χ4n) is 1.40. The summed E-state index contributed by atoms with van der Waals surface area (Å²) in [7, 11) is 0. The molecule has 2 rings (SSSR count). The van der Waals surface area contributed by atoms with Crippen LogP contribution in [0.3, 0.4) is 0 Å². The van der Waals surface area contributed by atoms with E-state index in [9.17, 15) is 4.39 Å².